The predicted octanol–water partition coefficient (Wildman–Crippen LogP) is 1.32. The fraction of sp³-hybridized carbons (Fsp3) is 0.867. The lowest BCUT2D eigenvalue weighted by Crippen LogP contribution is -2.69. The number of amides is 2. The van der Waals surface area contributed by atoms with E-state index in [-0.39, 0.29) is 29.3 Å². The number of nitrogens with zero attached hydrogens (tertiary/aromatic N) is 1. The lowest BCUT2D eigenvalue weighted by molar-refractivity contribution is -0.158. The van der Waals surface area contributed by atoms with Crippen molar-refractivity contribution in [1.82, 2.24) is 10.2 Å². The van der Waals surface area contributed by atoms with Crippen LogP contribution >= 0.6 is 0 Å². The zero-order valence-corrected chi connectivity index (χ0v) is 12.9. The summed E-state index contributed by atoms with van der Waals surface area (Å²) in [6.45, 7) is 9.20. The van der Waals surface area contributed by atoms with Crippen LogP contribution in [0.15, 0.2) is 0 Å². The minimum absolute atomic E-state index is 0.0300. The van der Waals surface area contributed by atoms with E-state index in [2.05, 4.69) is 5.32 Å². The molecule has 1 N–H and O–H groups in total. The lowest BCUT2D eigenvalue weighted by atomic mass is 9.83. The van der Waals surface area contributed by atoms with Crippen molar-refractivity contribution in [3.8, 4) is 0 Å². The first-order valence-electron chi connectivity index (χ1n) is 7.56. The molecule has 2 aliphatic rings. The highest BCUT2D eigenvalue weighted by atomic mass is 16.5. The Bertz CT molecular complexity index is 383. The smallest absolute Gasteiger partial charge is 0.246 e. The van der Waals surface area contributed by atoms with Crippen LogP contribution in [0.1, 0.15) is 47.0 Å². The Morgan fingerprint density at radius 3 is 2.55 bits per heavy atom. The van der Waals surface area contributed by atoms with Crippen LogP contribution in [0.2, 0.25) is 0 Å². The van der Waals surface area contributed by atoms with Crippen LogP contribution in [0.3, 0.4) is 0 Å². The van der Waals surface area contributed by atoms with Gasteiger partial charge in [-0.2, -0.15) is 0 Å². The standard InChI is InChI=1S/C15H26N2O3/c1-5-11-13(18)16-12(15(2,3)4)14(19)17(11)10-7-6-8-20-9-10/h10-12H,5-9H2,1-4H3,(H,16,18). The van der Waals surface area contributed by atoms with Crippen LogP contribution in [-0.4, -0.2) is 48.1 Å². The minimum atomic E-state index is -0.445. The molecule has 2 rings (SSSR count). The third-order valence-electron chi connectivity index (χ3n) is 4.21. The molecule has 2 saturated heterocycles. The summed E-state index contributed by atoms with van der Waals surface area (Å²) in [7, 11) is 0. The Kier molecular flexibility index (Phi) is 4.37. The van der Waals surface area contributed by atoms with Crippen LogP contribution in [0.4, 0.5) is 0 Å². The van der Waals surface area contributed by atoms with Gasteiger partial charge in [0.2, 0.25) is 11.8 Å². The van der Waals surface area contributed by atoms with Crippen molar-refractivity contribution in [3.63, 3.8) is 0 Å². The van der Waals surface area contributed by atoms with Crippen LogP contribution in [0, 0.1) is 5.41 Å². The molecule has 0 saturated carbocycles. The molecule has 0 aromatic carbocycles. The number of nitrogens with one attached hydrogen (secondary N) is 1. The van der Waals surface area contributed by atoms with Gasteiger partial charge in [-0.3, -0.25) is 9.59 Å². The van der Waals surface area contributed by atoms with Crippen LogP contribution in [0.25, 0.3) is 0 Å². The van der Waals surface area contributed by atoms with E-state index in [1.807, 2.05) is 27.7 Å². The zero-order valence-electron chi connectivity index (χ0n) is 12.9. The summed E-state index contributed by atoms with van der Waals surface area (Å²) < 4.78 is 5.51. The summed E-state index contributed by atoms with van der Waals surface area (Å²) in [6, 6.07) is -0.760. The summed E-state index contributed by atoms with van der Waals surface area (Å²) in [5.74, 6) is 0.0112. The van der Waals surface area contributed by atoms with Crippen molar-refractivity contribution in [2.75, 3.05) is 13.2 Å². The number of carbonyl (C=O) groups is 2. The highest BCUT2D eigenvalue weighted by molar-refractivity contribution is 5.97. The van der Waals surface area contributed by atoms with E-state index in [1.165, 1.54) is 0 Å². The summed E-state index contributed by atoms with van der Waals surface area (Å²) in [5, 5.41) is 2.91. The first-order valence-corrected chi connectivity index (χ1v) is 7.56. The van der Waals surface area contributed by atoms with Crippen molar-refractivity contribution < 1.29 is 14.3 Å². The molecule has 0 aromatic rings. The van der Waals surface area contributed by atoms with Crippen molar-refractivity contribution >= 4 is 11.8 Å². The molecule has 2 aliphatic heterocycles. The van der Waals surface area contributed by atoms with E-state index < -0.39 is 6.04 Å². The Labute approximate surface area is 121 Å². The maximum atomic E-state index is 12.8. The van der Waals surface area contributed by atoms with Crippen molar-refractivity contribution in [2.45, 2.75) is 65.1 Å². The average Bonchev–Trinajstić information content (AvgIpc) is 2.40. The molecule has 2 heterocycles. The van der Waals surface area contributed by atoms with Gasteiger partial charge in [-0.25, -0.2) is 0 Å². The highest BCUT2D eigenvalue weighted by Gasteiger charge is 2.47. The zero-order chi connectivity index (χ0) is 14.9. The minimum Gasteiger partial charge on any atom is -0.379 e. The van der Waals surface area contributed by atoms with Crippen LogP contribution < -0.4 is 5.32 Å². The first kappa shape index (κ1) is 15.3. The van der Waals surface area contributed by atoms with E-state index in [0.29, 0.717) is 13.0 Å². The molecule has 3 atom stereocenters. The van der Waals surface area contributed by atoms with Gasteiger partial charge in [0.25, 0.3) is 0 Å². The molecule has 0 bridgehead atoms. The molecule has 5 nitrogen and oxygen atoms in total. The third kappa shape index (κ3) is 2.82. The van der Waals surface area contributed by atoms with Gasteiger partial charge < -0.3 is 15.0 Å². The van der Waals surface area contributed by atoms with Gasteiger partial charge in [-0.1, -0.05) is 27.7 Å². The van der Waals surface area contributed by atoms with Crippen LogP contribution in [-0.2, 0) is 14.3 Å². The van der Waals surface area contributed by atoms with E-state index in [9.17, 15) is 9.59 Å². The third-order valence-corrected chi connectivity index (χ3v) is 4.21. The summed E-state index contributed by atoms with van der Waals surface area (Å²) >= 11 is 0. The Hall–Kier alpha value is -1.10. The second kappa shape index (κ2) is 5.72. The number of ether oxygens (including phenoxy) is 1. The van der Waals surface area contributed by atoms with E-state index in [1.54, 1.807) is 4.90 Å². The van der Waals surface area contributed by atoms with Crippen molar-refractivity contribution in [1.29, 1.82) is 0 Å². The van der Waals surface area contributed by atoms with Gasteiger partial charge in [-0.15, -0.1) is 0 Å². The molecule has 0 aliphatic carbocycles. The van der Waals surface area contributed by atoms with Gasteiger partial charge >= 0.3 is 0 Å². The van der Waals surface area contributed by atoms with Gasteiger partial charge in [-0.05, 0) is 24.7 Å². The number of hydrogen-bond acceptors (Lipinski definition) is 3. The van der Waals surface area contributed by atoms with Gasteiger partial charge in [0.05, 0.1) is 12.6 Å². The molecular weight excluding hydrogens is 256 g/mol. The van der Waals surface area contributed by atoms with E-state index >= 15 is 0 Å². The first-order chi connectivity index (χ1) is 9.36. The summed E-state index contributed by atoms with van der Waals surface area (Å²) in [4.78, 5) is 27.0. The lowest BCUT2D eigenvalue weighted by Gasteiger charge is -2.47. The van der Waals surface area contributed by atoms with E-state index in [0.717, 1.165) is 19.4 Å². The van der Waals surface area contributed by atoms with E-state index in [4.69, 9.17) is 4.74 Å². The van der Waals surface area contributed by atoms with Gasteiger partial charge in [0.15, 0.2) is 0 Å². The highest BCUT2D eigenvalue weighted by Crippen LogP contribution is 2.29. The normalized spacial score (nSPS) is 32.2. The molecule has 0 radical (unpaired) electrons. The molecule has 3 unspecified atom stereocenters. The van der Waals surface area contributed by atoms with Crippen LogP contribution in [0.5, 0.6) is 0 Å². The molecule has 5 heteroatoms. The fourth-order valence-corrected chi connectivity index (χ4v) is 3.08. The molecule has 2 amide bonds. The largest absolute Gasteiger partial charge is 0.379 e. The maximum absolute atomic E-state index is 12.8. The molecule has 2 fully saturated rings. The quantitative estimate of drug-likeness (QED) is 0.831. The second-order valence-electron chi connectivity index (χ2n) is 6.85. The fourth-order valence-electron chi connectivity index (χ4n) is 3.08. The number of hydrogen-bond donors (Lipinski definition) is 1. The molecule has 0 aromatic heterocycles. The second-order valence-corrected chi connectivity index (χ2v) is 6.85. The summed E-state index contributed by atoms with van der Waals surface area (Å²) in [6.07, 6.45) is 2.52. The van der Waals surface area contributed by atoms with Crippen molar-refractivity contribution in [3.05, 3.63) is 0 Å². The van der Waals surface area contributed by atoms with Gasteiger partial charge in [0.1, 0.15) is 12.1 Å². The summed E-state index contributed by atoms with van der Waals surface area (Å²) in [5.41, 5.74) is -0.279. The number of piperazine rings is 1. The molecular formula is C15H26N2O3. The average molecular weight is 282 g/mol. The molecule has 114 valence electrons. The SMILES string of the molecule is CCC1C(=O)NC(C(C)(C)C)C(=O)N1C1CCCOC1. The Morgan fingerprint density at radius 2 is 2.05 bits per heavy atom. The Balaban J connectivity index is 2.27. The number of rotatable bonds is 2. The predicted molar refractivity (Wildman–Crippen MR) is 76.2 cm³/mol. The Morgan fingerprint density at radius 1 is 1.35 bits per heavy atom. The molecule has 20 heavy (non-hydrogen) atoms. The van der Waals surface area contributed by atoms with Gasteiger partial charge in [0, 0.05) is 6.61 Å². The molecule has 0 spiro atoms. The maximum Gasteiger partial charge on any atom is 0.246 e. The number of carbonyl (C=O) groups excluding carboxylic acids is 2. The monoisotopic (exact) mass is 282 g/mol. The topological polar surface area (TPSA) is 58.6 Å². The van der Waals surface area contributed by atoms with Crippen molar-refractivity contribution in [2.24, 2.45) is 5.41 Å².